The number of likely N-dealkylation sites (tertiary alicyclic amines) is 1. The zero-order valence-corrected chi connectivity index (χ0v) is 18.7. The molecular formula is C25H30N4O3. The number of piperidine rings is 1. The second-order valence-corrected chi connectivity index (χ2v) is 8.75. The topological polar surface area (TPSA) is 76.3 Å². The summed E-state index contributed by atoms with van der Waals surface area (Å²) < 4.78 is 2.60. The van der Waals surface area contributed by atoms with Crippen LogP contribution in [0.4, 0.5) is 0 Å². The zero-order valence-electron chi connectivity index (χ0n) is 18.7. The van der Waals surface area contributed by atoms with E-state index in [0.29, 0.717) is 23.5 Å². The van der Waals surface area contributed by atoms with Crippen LogP contribution in [0.1, 0.15) is 24.0 Å². The summed E-state index contributed by atoms with van der Waals surface area (Å²) in [7, 11) is 1.57. The van der Waals surface area contributed by atoms with E-state index in [1.165, 1.54) is 20.3 Å². The van der Waals surface area contributed by atoms with Gasteiger partial charge in [0.25, 0.3) is 0 Å². The van der Waals surface area contributed by atoms with E-state index in [2.05, 4.69) is 41.4 Å². The van der Waals surface area contributed by atoms with Crippen molar-refractivity contribution in [2.75, 3.05) is 19.6 Å². The van der Waals surface area contributed by atoms with Gasteiger partial charge in [0.15, 0.2) is 0 Å². The van der Waals surface area contributed by atoms with Crippen LogP contribution in [0.15, 0.2) is 58.1 Å². The third-order valence-corrected chi connectivity index (χ3v) is 6.39. The fourth-order valence-electron chi connectivity index (χ4n) is 4.37. The molecule has 2 heterocycles. The molecule has 0 atom stereocenters. The van der Waals surface area contributed by atoms with Crippen molar-refractivity contribution in [3.8, 4) is 0 Å². The highest BCUT2D eigenvalue weighted by Gasteiger charge is 2.20. The van der Waals surface area contributed by atoms with Gasteiger partial charge in [-0.25, -0.2) is 0 Å². The second kappa shape index (κ2) is 9.53. The number of aryl methyl sites for hydroxylation is 2. The van der Waals surface area contributed by atoms with Crippen molar-refractivity contribution in [3.63, 3.8) is 0 Å². The van der Waals surface area contributed by atoms with E-state index in [1.54, 1.807) is 25.2 Å². The van der Waals surface area contributed by atoms with Crippen molar-refractivity contribution in [1.82, 2.24) is 19.4 Å². The van der Waals surface area contributed by atoms with E-state index in [4.69, 9.17) is 0 Å². The number of nitrogens with one attached hydrogen (secondary N) is 1. The first-order valence-corrected chi connectivity index (χ1v) is 11.2. The third-order valence-electron chi connectivity index (χ3n) is 6.39. The summed E-state index contributed by atoms with van der Waals surface area (Å²) in [5, 5.41) is 2.97. The van der Waals surface area contributed by atoms with Gasteiger partial charge in [-0.2, -0.15) is 0 Å². The lowest BCUT2D eigenvalue weighted by Gasteiger charge is -2.32. The van der Waals surface area contributed by atoms with E-state index in [0.717, 1.165) is 32.5 Å². The fourth-order valence-corrected chi connectivity index (χ4v) is 4.37. The number of aromatic nitrogens is 2. The molecule has 7 heteroatoms. The summed E-state index contributed by atoms with van der Waals surface area (Å²) in [6.45, 7) is 5.51. The second-order valence-electron chi connectivity index (χ2n) is 8.75. The van der Waals surface area contributed by atoms with E-state index in [9.17, 15) is 14.4 Å². The number of nitrogens with zero attached hydrogens (tertiary/aromatic N) is 3. The molecule has 1 saturated heterocycles. The third kappa shape index (κ3) is 4.83. The summed E-state index contributed by atoms with van der Waals surface area (Å²) in [5.74, 6) is 0.179. The van der Waals surface area contributed by atoms with Crippen molar-refractivity contribution < 1.29 is 4.79 Å². The molecule has 3 aromatic rings. The van der Waals surface area contributed by atoms with Crippen LogP contribution in [0, 0.1) is 12.8 Å². The molecule has 0 aliphatic carbocycles. The number of para-hydroxylation sites is 2. The van der Waals surface area contributed by atoms with Crippen LogP contribution < -0.4 is 16.4 Å². The van der Waals surface area contributed by atoms with Gasteiger partial charge in [0.1, 0.15) is 6.54 Å². The molecule has 1 amide bonds. The minimum absolute atomic E-state index is 0.151. The van der Waals surface area contributed by atoms with Gasteiger partial charge >= 0.3 is 11.1 Å². The Balaban J connectivity index is 1.31. The average molecular weight is 435 g/mol. The number of carbonyl (C=O) groups is 1. The number of fused-ring (bicyclic) bond motifs is 1. The number of carbonyl (C=O) groups excluding carboxylic acids is 1. The molecule has 168 valence electrons. The van der Waals surface area contributed by atoms with E-state index in [1.807, 2.05) is 6.07 Å². The van der Waals surface area contributed by atoms with Crippen LogP contribution in [0.2, 0.25) is 0 Å². The molecule has 0 radical (unpaired) electrons. The van der Waals surface area contributed by atoms with Gasteiger partial charge in [-0.1, -0.05) is 42.0 Å². The first-order chi connectivity index (χ1) is 15.4. The number of hydrogen-bond acceptors (Lipinski definition) is 4. The molecule has 0 unspecified atom stereocenters. The van der Waals surface area contributed by atoms with Gasteiger partial charge < -0.3 is 9.88 Å². The molecule has 4 rings (SSSR count). The van der Waals surface area contributed by atoms with Crippen LogP contribution in [0.3, 0.4) is 0 Å². The quantitative estimate of drug-likeness (QED) is 0.603. The lowest BCUT2D eigenvalue weighted by Crippen LogP contribution is -2.44. The molecular weight excluding hydrogens is 404 g/mol. The molecule has 7 nitrogen and oxygen atoms in total. The monoisotopic (exact) mass is 434 g/mol. The van der Waals surface area contributed by atoms with Gasteiger partial charge in [-0.3, -0.25) is 23.9 Å². The first-order valence-electron chi connectivity index (χ1n) is 11.2. The molecule has 1 N–H and O–H groups in total. The van der Waals surface area contributed by atoms with Gasteiger partial charge in [0.05, 0.1) is 11.0 Å². The Bertz CT molecular complexity index is 1220. The minimum Gasteiger partial charge on any atom is -0.354 e. The lowest BCUT2D eigenvalue weighted by atomic mass is 9.96. The number of hydrogen-bond donors (Lipinski definition) is 1. The molecule has 0 spiro atoms. The van der Waals surface area contributed by atoms with Gasteiger partial charge in [-0.05, 0) is 56.5 Å². The van der Waals surface area contributed by atoms with Gasteiger partial charge in [0, 0.05) is 20.1 Å². The van der Waals surface area contributed by atoms with Crippen LogP contribution in [0.25, 0.3) is 11.0 Å². The summed E-state index contributed by atoms with van der Waals surface area (Å²) in [6, 6.07) is 15.8. The van der Waals surface area contributed by atoms with E-state index >= 15 is 0 Å². The Morgan fingerprint density at radius 2 is 1.62 bits per heavy atom. The Hall–Kier alpha value is -3.19. The molecule has 1 fully saturated rings. The lowest BCUT2D eigenvalue weighted by molar-refractivity contribution is -0.121. The molecule has 2 aromatic carbocycles. The predicted molar refractivity (Wildman–Crippen MR) is 126 cm³/mol. The predicted octanol–water partition coefficient (Wildman–Crippen LogP) is 2.04. The SMILES string of the molecule is Cc1ccc(CN2CCC(CNC(=O)Cn3c(=O)c(=O)n(C)c4ccccc43)CC2)cc1. The van der Waals surface area contributed by atoms with Gasteiger partial charge in [-0.15, -0.1) is 0 Å². The molecule has 0 saturated carbocycles. The summed E-state index contributed by atoms with van der Waals surface area (Å²) in [5.41, 5.74) is 2.51. The van der Waals surface area contributed by atoms with E-state index in [-0.39, 0.29) is 12.5 Å². The Morgan fingerprint density at radius 1 is 0.969 bits per heavy atom. The Kier molecular flexibility index (Phi) is 6.55. The Morgan fingerprint density at radius 3 is 2.31 bits per heavy atom. The zero-order chi connectivity index (χ0) is 22.7. The van der Waals surface area contributed by atoms with Crippen molar-refractivity contribution in [2.24, 2.45) is 13.0 Å². The number of amides is 1. The van der Waals surface area contributed by atoms with Crippen molar-refractivity contribution in [2.45, 2.75) is 32.9 Å². The number of rotatable bonds is 6. The highest BCUT2D eigenvalue weighted by molar-refractivity contribution is 5.80. The Labute approximate surface area is 187 Å². The standard InChI is InChI=1S/C25H30N4O3/c1-18-7-9-20(10-8-18)16-28-13-11-19(12-14-28)15-26-23(30)17-29-22-6-4-3-5-21(22)27(2)24(31)25(29)32/h3-10,19H,11-17H2,1-2H3,(H,26,30). The first kappa shape index (κ1) is 22.0. The maximum Gasteiger partial charge on any atom is 0.317 e. The number of benzene rings is 2. The minimum atomic E-state index is -0.675. The highest BCUT2D eigenvalue weighted by atomic mass is 16.2. The normalized spacial score (nSPS) is 15.2. The smallest absolute Gasteiger partial charge is 0.317 e. The van der Waals surface area contributed by atoms with Crippen molar-refractivity contribution >= 4 is 16.9 Å². The highest BCUT2D eigenvalue weighted by Crippen LogP contribution is 2.19. The molecule has 32 heavy (non-hydrogen) atoms. The maximum atomic E-state index is 12.6. The molecule has 1 aliphatic heterocycles. The summed E-state index contributed by atoms with van der Waals surface area (Å²) in [6.07, 6.45) is 2.06. The molecule has 0 bridgehead atoms. The van der Waals surface area contributed by atoms with E-state index < -0.39 is 11.1 Å². The van der Waals surface area contributed by atoms with Crippen LogP contribution in [-0.4, -0.2) is 39.6 Å². The molecule has 1 aromatic heterocycles. The van der Waals surface area contributed by atoms with Crippen molar-refractivity contribution in [1.29, 1.82) is 0 Å². The maximum absolute atomic E-state index is 12.6. The average Bonchev–Trinajstić information content (AvgIpc) is 2.81. The largest absolute Gasteiger partial charge is 0.354 e. The van der Waals surface area contributed by atoms with Crippen LogP contribution >= 0.6 is 0 Å². The van der Waals surface area contributed by atoms with Crippen molar-refractivity contribution in [3.05, 3.63) is 80.4 Å². The summed E-state index contributed by atoms with van der Waals surface area (Å²) >= 11 is 0. The fraction of sp³-hybridized carbons (Fsp3) is 0.400. The van der Waals surface area contributed by atoms with Crippen LogP contribution in [0.5, 0.6) is 0 Å². The molecule has 1 aliphatic rings. The summed E-state index contributed by atoms with van der Waals surface area (Å²) in [4.78, 5) is 39.8. The van der Waals surface area contributed by atoms with Crippen LogP contribution in [-0.2, 0) is 24.9 Å². The van der Waals surface area contributed by atoms with Gasteiger partial charge in [0.2, 0.25) is 5.91 Å².